The van der Waals surface area contributed by atoms with Gasteiger partial charge in [0.1, 0.15) is 11.8 Å². The van der Waals surface area contributed by atoms with Crippen LogP contribution in [0.3, 0.4) is 0 Å². The molecular weight excluding hydrogens is 232 g/mol. The number of nitrogens with zero attached hydrogens (tertiary/aromatic N) is 2. The molecule has 2 rings (SSSR count). The Kier molecular flexibility index (Phi) is 3.84. The average Bonchev–Trinajstić information content (AvgIpc) is 2.89. The first kappa shape index (κ1) is 11.7. The number of aromatic nitrogens is 1. The zero-order valence-electron chi connectivity index (χ0n) is 9.51. The van der Waals surface area contributed by atoms with Gasteiger partial charge in [0.25, 0.3) is 0 Å². The highest BCUT2D eigenvalue weighted by Gasteiger charge is 2.08. The van der Waals surface area contributed by atoms with Crippen LogP contribution in [0.15, 0.2) is 40.0 Å². The fourth-order valence-electron chi connectivity index (χ4n) is 1.43. The number of rotatable bonds is 4. The van der Waals surface area contributed by atoms with Crippen LogP contribution < -0.4 is 0 Å². The van der Waals surface area contributed by atoms with Gasteiger partial charge < -0.3 is 4.42 Å². The highest BCUT2D eigenvalue weighted by atomic mass is 32.2. The molecule has 2 heterocycles. The molecule has 3 nitrogen and oxygen atoms in total. The van der Waals surface area contributed by atoms with Crippen molar-refractivity contribution in [2.45, 2.75) is 18.2 Å². The molecule has 0 fully saturated rings. The van der Waals surface area contributed by atoms with Crippen molar-refractivity contribution >= 4 is 11.8 Å². The summed E-state index contributed by atoms with van der Waals surface area (Å²) in [5.74, 6) is 1.76. The predicted molar refractivity (Wildman–Crippen MR) is 67.7 cm³/mol. The molecule has 0 aliphatic carbocycles. The van der Waals surface area contributed by atoms with Crippen molar-refractivity contribution in [3.05, 3.63) is 36.4 Å². The standard InChI is InChI=1S/C13H12N2OS/c1-2-6-17-13-7-10(9-15-11(13)8-14)12-4-3-5-16-12/h3-5,7,9H,2,6H2,1H3. The van der Waals surface area contributed by atoms with Crippen LogP contribution in [0.5, 0.6) is 0 Å². The molecule has 0 N–H and O–H groups in total. The molecule has 86 valence electrons. The molecule has 17 heavy (non-hydrogen) atoms. The SMILES string of the molecule is CCCSc1cc(-c2ccco2)cnc1C#N. The summed E-state index contributed by atoms with van der Waals surface area (Å²) in [6.07, 6.45) is 4.38. The largest absolute Gasteiger partial charge is 0.464 e. The Morgan fingerprint density at radius 2 is 2.41 bits per heavy atom. The van der Waals surface area contributed by atoms with E-state index in [1.165, 1.54) is 0 Å². The monoisotopic (exact) mass is 244 g/mol. The minimum atomic E-state index is 0.485. The molecular formula is C13H12N2OS. The molecule has 0 radical (unpaired) electrons. The Hall–Kier alpha value is -1.73. The van der Waals surface area contributed by atoms with E-state index in [2.05, 4.69) is 18.0 Å². The average molecular weight is 244 g/mol. The number of nitriles is 1. The molecule has 0 aliphatic rings. The molecule has 0 spiro atoms. The van der Waals surface area contributed by atoms with E-state index in [0.29, 0.717) is 5.69 Å². The van der Waals surface area contributed by atoms with Crippen LogP contribution in [0.2, 0.25) is 0 Å². The minimum Gasteiger partial charge on any atom is -0.464 e. The van der Waals surface area contributed by atoms with Crippen LogP contribution in [-0.4, -0.2) is 10.7 Å². The lowest BCUT2D eigenvalue weighted by molar-refractivity contribution is 0.582. The van der Waals surface area contributed by atoms with E-state index in [9.17, 15) is 0 Å². The van der Waals surface area contributed by atoms with Crippen LogP contribution in [0.25, 0.3) is 11.3 Å². The Bertz CT molecular complexity index is 529. The number of furan rings is 1. The third-order valence-electron chi connectivity index (χ3n) is 2.23. The topological polar surface area (TPSA) is 49.8 Å². The quantitative estimate of drug-likeness (QED) is 0.769. The molecule has 4 heteroatoms. The molecule has 0 aromatic carbocycles. The van der Waals surface area contributed by atoms with Gasteiger partial charge >= 0.3 is 0 Å². The maximum Gasteiger partial charge on any atom is 0.154 e. The summed E-state index contributed by atoms with van der Waals surface area (Å²) in [5.41, 5.74) is 1.39. The molecule has 0 aliphatic heterocycles. The summed E-state index contributed by atoms with van der Waals surface area (Å²) in [5, 5.41) is 8.99. The van der Waals surface area contributed by atoms with Crippen LogP contribution in [0, 0.1) is 11.3 Å². The number of hydrogen-bond donors (Lipinski definition) is 0. The van der Waals surface area contributed by atoms with Gasteiger partial charge in [-0.15, -0.1) is 11.8 Å². The van der Waals surface area contributed by atoms with Gasteiger partial charge in [-0.2, -0.15) is 5.26 Å². The Morgan fingerprint density at radius 1 is 1.53 bits per heavy atom. The van der Waals surface area contributed by atoms with Crippen molar-refractivity contribution in [3.8, 4) is 17.4 Å². The molecule has 2 aromatic heterocycles. The normalized spacial score (nSPS) is 10.1. The van der Waals surface area contributed by atoms with Gasteiger partial charge in [0.05, 0.1) is 6.26 Å². The highest BCUT2D eigenvalue weighted by Crippen LogP contribution is 2.27. The number of hydrogen-bond acceptors (Lipinski definition) is 4. The molecule has 0 unspecified atom stereocenters. The van der Waals surface area contributed by atoms with Gasteiger partial charge in [0, 0.05) is 16.7 Å². The van der Waals surface area contributed by atoms with Crippen LogP contribution >= 0.6 is 11.8 Å². The second kappa shape index (κ2) is 5.55. The van der Waals surface area contributed by atoms with Crippen molar-refractivity contribution < 1.29 is 4.42 Å². The Morgan fingerprint density at radius 3 is 3.06 bits per heavy atom. The predicted octanol–water partition coefficient (Wildman–Crippen LogP) is 3.72. The van der Waals surface area contributed by atoms with Gasteiger partial charge in [-0.3, -0.25) is 0 Å². The van der Waals surface area contributed by atoms with Gasteiger partial charge in [0.2, 0.25) is 0 Å². The summed E-state index contributed by atoms with van der Waals surface area (Å²) in [6, 6.07) is 7.80. The molecule has 0 saturated heterocycles. The van der Waals surface area contributed by atoms with E-state index in [1.54, 1.807) is 24.2 Å². The van der Waals surface area contributed by atoms with Crippen molar-refractivity contribution in [1.82, 2.24) is 4.98 Å². The second-order valence-electron chi connectivity index (χ2n) is 3.51. The second-order valence-corrected chi connectivity index (χ2v) is 4.65. The fraction of sp³-hybridized carbons (Fsp3) is 0.231. The van der Waals surface area contributed by atoms with Gasteiger partial charge in [-0.05, 0) is 30.4 Å². The van der Waals surface area contributed by atoms with Crippen molar-refractivity contribution in [1.29, 1.82) is 5.26 Å². The van der Waals surface area contributed by atoms with E-state index >= 15 is 0 Å². The summed E-state index contributed by atoms with van der Waals surface area (Å²) >= 11 is 1.66. The van der Waals surface area contributed by atoms with Crippen molar-refractivity contribution in [2.24, 2.45) is 0 Å². The van der Waals surface area contributed by atoms with Crippen molar-refractivity contribution in [3.63, 3.8) is 0 Å². The lowest BCUT2D eigenvalue weighted by atomic mass is 10.2. The fourth-order valence-corrected chi connectivity index (χ4v) is 2.30. The number of thioether (sulfide) groups is 1. The first-order valence-corrected chi connectivity index (χ1v) is 6.40. The first-order chi connectivity index (χ1) is 8.35. The van der Waals surface area contributed by atoms with Crippen LogP contribution in [0.4, 0.5) is 0 Å². The van der Waals surface area contributed by atoms with E-state index in [1.807, 2.05) is 18.2 Å². The lowest BCUT2D eigenvalue weighted by Crippen LogP contribution is -1.89. The molecule has 0 bridgehead atoms. The Balaban J connectivity index is 2.35. The van der Waals surface area contributed by atoms with E-state index in [-0.39, 0.29) is 0 Å². The zero-order valence-corrected chi connectivity index (χ0v) is 10.3. The molecule has 2 aromatic rings. The molecule has 0 saturated carbocycles. The zero-order chi connectivity index (χ0) is 12.1. The summed E-state index contributed by atoms with van der Waals surface area (Å²) in [7, 11) is 0. The van der Waals surface area contributed by atoms with E-state index < -0.39 is 0 Å². The summed E-state index contributed by atoms with van der Waals surface area (Å²) in [6.45, 7) is 2.11. The van der Waals surface area contributed by atoms with Gasteiger partial charge in [0.15, 0.2) is 5.69 Å². The Labute approximate surface area is 104 Å². The van der Waals surface area contributed by atoms with Gasteiger partial charge in [-0.1, -0.05) is 6.92 Å². The highest BCUT2D eigenvalue weighted by molar-refractivity contribution is 7.99. The van der Waals surface area contributed by atoms with E-state index in [0.717, 1.165) is 28.4 Å². The molecule has 0 amide bonds. The smallest absolute Gasteiger partial charge is 0.154 e. The first-order valence-electron chi connectivity index (χ1n) is 5.42. The maximum absolute atomic E-state index is 8.99. The van der Waals surface area contributed by atoms with Crippen molar-refractivity contribution in [2.75, 3.05) is 5.75 Å². The van der Waals surface area contributed by atoms with E-state index in [4.69, 9.17) is 9.68 Å². The van der Waals surface area contributed by atoms with Crippen LogP contribution in [0.1, 0.15) is 19.0 Å². The number of pyridine rings is 1. The minimum absolute atomic E-state index is 0.485. The lowest BCUT2D eigenvalue weighted by Gasteiger charge is -2.04. The molecule has 0 atom stereocenters. The van der Waals surface area contributed by atoms with Crippen LogP contribution in [-0.2, 0) is 0 Å². The third-order valence-corrected chi connectivity index (χ3v) is 3.46. The maximum atomic E-state index is 8.99. The summed E-state index contributed by atoms with van der Waals surface area (Å²) in [4.78, 5) is 5.08. The van der Waals surface area contributed by atoms with Gasteiger partial charge in [-0.25, -0.2) is 4.98 Å². The third kappa shape index (κ3) is 2.69. The summed E-state index contributed by atoms with van der Waals surface area (Å²) < 4.78 is 5.32.